The SMILES string of the molecule is CSc1ccc(C2=NN(C(=O)C(C)C)C(c3ccc4nccnc4c3)C2)cc1. The molecule has 6 heteroatoms. The second-order valence-corrected chi connectivity index (χ2v) is 8.02. The normalized spacial score (nSPS) is 16.6. The lowest BCUT2D eigenvalue weighted by Crippen LogP contribution is -2.30. The Bertz CT molecular complexity index is 1050. The first kappa shape index (κ1) is 18.6. The summed E-state index contributed by atoms with van der Waals surface area (Å²) in [6.45, 7) is 3.82. The zero-order valence-corrected chi connectivity index (χ0v) is 17.0. The van der Waals surface area contributed by atoms with E-state index in [-0.39, 0.29) is 17.9 Å². The van der Waals surface area contributed by atoms with Gasteiger partial charge in [0.05, 0.1) is 22.8 Å². The van der Waals surface area contributed by atoms with E-state index in [4.69, 9.17) is 5.10 Å². The molecule has 3 aromatic rings. The summed E-state index contributed by atoms with van der Waals surface area (Å²) in [6.07, 6.45) is 6.12. The predicted octanol–water partition coefficient (Wildman–Crippen LogP) is 4.69. The monoisotopic (exact) mass is 390 g/mol. The van der Waals surface area contributed by atoms with E-state index in [0.717, 1.165) is 27.9 Å². The second-order valence-electron chi connectivity index (χ2n) is 7.14. The number of thioether (sulfide) groups is 1. The molecule has 0 saturated heterocycles. The number of hydrazone groups is 1. The Balaban J connectivity index is 1.71. The maximum Gasteiger partial charge on any atom is 0.245 e. The topological polar surface area (TPSA) is 58.5 Å². The molecule has 1 aliphatic heterocycles. The Hall–Kier alpha value is -2.73. The maximum absolute atomic E-state index is 12.9. The molecule has 0 spiro atoms. The molecular weight excluding hydrogens is 368 g/mol. The van der Waals surface area contributed by atoms with Crippen LogP contribution in [0.5, 0.6) is 0 Å². The van der Waals surface area contributed by atoms with Gasteiger partial charge in [-0.2, -0.15) is 5.10 Å². The van der Waals surface area contributed by atoms with Gasteiger partial charge in [0.15, 0.2) is 0 Å². The molecule has 1 unspecified atom stereocenters. The van der Waals surface area contributed by atoms with Crippen LogP contribution in [0.25, 0.3) is 11.0 Å². The smallest absolute Gasteiger partial charge is 0.245 e. The van der Waals surface area contributed by atoms with Gasteiger partial charge >= 0.3 is 0 Å². The highest BCUT2D eigenvalue weighted by molar-refractivity contribution is 7.98. The van der Waals surface area contributed by atoms with Crippen LogP contribution in [-0.4, -0.2) is 32.9 Å². The van der Waals surface area contributed by atoms with Crippen molar-refractivity contribution in [3.05, 3.63) is 66.0 Å². The molecule has 142 valence electrons. The lowest BCUT2D eigenvalue weighted by Gasteiger charge is -2.23. The Morgan fingerprint density at radius 3 is 2.46 bits per heavy atom. The van der Waals surface area contributed by atoms with E-state index in [1.807, 2.05) is 32.0 Å². The van der Waals surface area contributed by atoms with E-state index >= 15 is 0 Å². The molecule has 5 nitrogen and oxygen atoms in total. The average molecular weight is 391 g/mol. The minimum atomic E-state index is -0.128. The Morgan fingerprint density at radius 1 is 1.07 bits per heavy atom. The molecule has 0 fully saturated rings. The van der Waals surface area contributed by atoms with E-state index in [2.05, 4.69) is 40.5 Å². The van der Waals surface area contributed by atoms with Crippen LogP contribution in [0.1, 0.15) is 37.4 Å². The highest BCUT2D eigenvalue weighted by Crippen LogP contribution is 2.35. The van der Waals surface area contributed by atoms with Gasteiger partial charge in [0.25, 0.3) is 0 Å². The molecule has 0 saturated carbocycles. The van der Waals surface area contributed by atoms with Crippen LogP contribution in [0.4, 0.5) is 0 Å². The summed E-state index contributed by atoms with van der Waals surface area (Å²) in [4.78, 5) is 22.8. The highest BCUT2D eigenvalue weighted by atomic mass is 32.2. The Morgan fingerprint density at radius 2 is 1.79 bits per heavy atom. The van der Waals surface area contributed by atoms with E-state index in [1.54, 1.807) is 29.2 Å². The Labute approximate surface area is 168 Å². The number of benzene rings is 2. The van der Waals surface area contributed by atoms with E-state index < -0.39 is 0 Å². The van der Waals surface area contributed by atoms with Crippen LogP contribution in [-0.2, 0) is 4.79 Å². The van der Waals surface area contributed by atoms with Crippen LogP contribution < -0.4 is 0 Å². The van der Waals surface area contributed by atoms with Crippen LogP contribution in [0, 0.1) is 5.92 Å². The van der Waals surface area contributed by atoms with Gasteiger partial charge in [-0.15, -0.1) is 11.8 Å². The molecule has 1 atom stereocenters. The van der Waals surface area contributed by atoms with Crippen LogP contribution in [0.2, 0.25) is 0 Å². The standard InChI is InChI=1S/C22H22N4OS/c1-14(2)22(27)26-21(16-6-9-18-20(12-16)24-11-10-23-18)13-19(25-26)15-4-7-17(28-3)8-5-15/h4-12,14,21H,13H2,1-3H3. The lowest BCUT2D eigenvalue weighted by molar-refractivity contribution is -0.136. The number of rotatable bonds is 4. The quantitative estimate of drug-likeness (QED) is 0.607. The van der Waals surface area contributed by atoms with Gasteiger partial charge in [-0.1, -0.05) is 32.0 Å². The summed E-state index contributed by atoms with van der Waals surface area (Å²) < 4.78 is 0. The van der Waals surface area contributed by atoms with E-state index in [1.165, 1.54) is 4.90 Å². The first-order chi connectivity index (χ1) is 13.6. The number of aromatic nitrogens is 2. The fraction of sp³-hybridized carbons (Fsp3) is 0.273. The summed E-state index contributed by atoms with van der Waals surface area (Å²) in [7, 11) is 0. The number of carbonyl (C=O) groups excluding carboxylic acids is 1. The third kappa shape index (κ3) is 3.52. The fourth-order valence-corrected chi connectivity index (χ4v) is 3.79. The minimum Gasteiger partial charge on any atom is -0.273 e. The van der Waals surface area contributed by atoms with Crippen molar-refractivity contribution in [3.8, 4) is 0 Å². The second kappa shape index (κ2) is 7.72. The molecule has 1 aromatic heterocycles. The van der Waals surface area contributed by atoms with Gasteiger partial charge in [0.1, 0.15) is 0 Å². The first-order valence-corrected chi connectivity index (χ1v) is 10.5. The summed E-state index contributed by atoms with van der Waals surface area (Å²) in [6, 6.07) is 14.2. The molecule has 0 radical (unpaired) electrons. The Kier molecular flexibility index (Phi) is 5.13. The van der Waals surface area contributed by atoms with Crippen molar-refractivity contribution in [2.24, 2.45) is 11.0 Å². The van der Waals surface area contributed by atoms with Gasteiger partial charge in [0.2, 0.25) is 5.91 Å². The van der Waals surface area contributed by atoms with Crippen molar-refractivity contribution in [2.75, 3.05) is 6.26 Å². The van der Waals surface area contributed by atoms with Crippen molar-refractivity contribution in [1.29, 1.82) is 0 Å². The van der Waals surface area contributed by atoms with Gasteiger partial charge in [-0.25, -0.2) is 5.01 Å². The molecule has 4 rings (SSSR count). The van der Waals surface area contributed by atoms with Crippen molar-refractivity contribution < 1.29 is 4.79 Å². The van der Waals surface area contributed by atoms with Crippen molar-refractivity contribution in [1.82, 2.24) is 15.0 Å². The van der Waals surface area contributed by atoms with Crippen molar-refractivity contribution in [2.45, 2.75) is 31.2 Å². The molecule has 1 aliphatic rings. The van der Waals surface area contributed by atoms with Crippen LogP contribution >= 0.6 is 11.8 Å². The summed E-state index contributed by atoms with van der Waals surface area (Å²) in [5, 5.41) is 6.38. The minimum absolute atomic E-state index is 0.0278. The van der Waals surface area contributed by atoms with Gasteiger partial charge in [-0.3, -0.25) is 14.8 Å². The summed E-state index contributed by atoms with van der Waals surface area (Å²) in [5.41, 5.74) is 4.70. The number of amides is 1. The number of carbonyl (C=O) groups is 1. The molecule has 0 N–H and O–H groups in total. The van der Waals surface area contributed by atoms with Crippen molar-refractivity contribution in [3.63, 3.8) is 0 Å². The summed E-state index contributed by atoms with van der Waals surface area (Å²) >= 11 is 1.71. The third-order valence-electron chi connectivity index (χ3n) is 4.93. The molecule has 0 bridgehead atoms. The van der Waals surface area contributed by atoms with E-state index in [9.17, 15) is 4.79 Å². The molecule has 1 amide bonds. The fourth-order valence-electron chi connectivity index (χ4n) is 3.38. The predicted molar refractivity (Wildman–Crippen MR) is 113 cm³/mol. The van der Waals surface area contributed by atoms with Crippen LogP contribution in [0.15, 0.2) is 64.9 Å². The maximum atomic E-state index is 12.9. The van der Waals surface area contributed by atoms with Gasteiger partial charge in [0, 0.05) is 29.6 Å². The zero-order chi connectivity index (χ0) is 19.7. The molecule has 28 heavy (non-hydrogen) atoms. The first-order valence-electron chi connectivity index (χ1n) is 9.32. The number of fused-ring (bicyclic) bond motifs is 1. The molecule has 0 aliphatic carbocycles. The molecule has 2 heterocycles. The number of hydrogen-bond donors (Lipinski definition) is 0. The average Bonchev–Trinajstić information content (AvgIpc) is 3.18. The third-order valence-corrected chi connectivity index (χ3v) is 5.68. The molecule has 2 aromatic carbocycles. The molecular formula is C22H22N4OS. The number of hydrogen-bond acceptors (Lipinski definition) is 5. The zero-order valence-electron chi connectivity index (χ0n) is 16.2. The van der Waals surface area contributed by atoms with E-state index in [0.29, 0.717) is 6.42 Å². The lowest BCUT2D eigenvalue weighted by atomic mass is 9.97. The van der Waals surface area contributed by atoms with Crippen LogP contribution in [0.3, 0.4) is 0 Å². The van der Waals surface area contributed by atoms with Gasteiger partial charge in [-0.05, 0) is 41.6 Å². The summed E-state index contributed by atoms with van der Waals surface area (Å²) in [5.74, 6) is -0.0929. The highest BCUT2D eigenvalue weighted by Gasteiger charge is 2.34. The number of nitrogens with zero attached hydrogens (tertiary/aromatic N) is 4. The van der Waals surface area contributed by atoms with Crippen molar-refractivity contribution >= 4 is 34.4 Å². The largest absolute Gasteiger partial charge is 0.273 e. The van der Waals surface area contributed by atoms with Gasteiger partial charge < -0.3 is 0 Å².